The smallest absolute Gasteiger partial charge is 0.196 e. The van der Waals surface area contributed by atoms with E-state index in [0.717, 1.165) is 0 Å². The summed E-state index contributed by atoms with van der Waals surface area (Å²) in [7, 11) is 0. The second kappa shape index (κ2) is 2.46. The van der Waals surface area contributed by atoms with Crippen molar-refractivity contribution in [3.05, 3.63) is 0 Å². The maximum absolute atomic E-state index is 8.90. The zero-order valence-electron chi connectivity index (χ0n) is 5.20. The summed E-state index contributed by atoms with van der Waals surface area (Å²) >= 11 is 1.40. The van der Waals surface area contributed by atoms with E-state index in [-0.39, 0.29) is 12.0 Å². The second-order valence-electron chi connectivity index (χ2n) is 2.17. The number of aliphatic hydroxyl groups is 2. The lowest BCUT2D eigenvalue weighted by atomic mass is 10.3. The summed E-state index contributed by atoms with van der Waals surface area (Å²) in [5.74, 6) is -1.26. The fraction of sp³-hybridized carbons (Fsp3) is 1.00. The van der Waals surface area contributed by atoms with Crippen LogP contribution in [0.4, 0.5) is 0 Å². The highest BCUT2D eigenvalue weighted by molar-refractivity contribution is 7.99. The summed E-state index contributed by atoms with van der Waals surface area (Å²) in [5, 5.41) is 17.8. The van der Waals surface area contributed by atoms with Gasteiger partial charge >= 0.3 is 0 Å². The lowest BCUT2D eigenvalue weighted by Gasteiger charge is -2.29. The molecule has 3 nitrogen and oxygen atoms in total. The predicted molar refractivity (Wildman–Crippen MR) is 35.0 cm³/mol. The van der Waals surface area contributed by atoms with Crippen molar-refractivity contribution >= 4 is 11.8 Å². The van der Waals surface area contributed by atoms with Gasteiger partial charge in [0.2, 0.25) is 0 Å². The third-order valence-corrected chi connectivity index (χ3v) is 2.33. The van der Waals surface area contributed by atoms with E-state index in [1.165, 1.54) is 11.8 Å². The Balaban J connectivity index is 2.35. The summed E-state index contributed by atoms with van der Waals surface area (Å²) in [6.07, 6.45) is 0. The molecule has 0 aliphatic carbocycles. The molecular weight excluding hydrogens is 140 g/mol. The van der Waals surface area contributed by atoms with Gasteiger partial charge in [-0.25, -0.2) is 0 Å². The average Bonchev–Trinajstić information content (AvgIpc) is 1.78. The van der Waals surface area contributed by atoms with Gasteiger partial charge in [-0.15, -0.1) is 11.8 Å². The molecule has 0 amide bonds. The predicted octanol–water partition coefficient (Wildman–Crippen LogP) is -0.223. The van der Waals surface area contributed by atoms with Crippen LogP contribution in [0.2, 0.25) is 0 Å². The van der Waals surface area contributed by atoms with Crippen molar-refractivity contribution in [2.75, 3.05) is 12.4 Å². The zero-order valence-corrected chi connectivity index (χ0v) is 6.02. The van der Waals surface area contributed by atoms with E-state index < -0.39 is 5.79 Å². The number of thioether (sulfide) groups is 1. The van der Waals surface area contributed by atoms with Crippen molar-refractivity contribution in [2.24, 2.45) is 0 Å². The molecule has 0 aromatic carbocycles. The maximum Gasteiger partial charge on any atom is 0.196 e. The van der Waals surface area contributed by atoms with E-state index in [1.54, 1.807) is 0 Å². The molecule has 1 rings (SSSR count). The third kappa shape index (κ3) is 2.14. The second-order valence-corrected chi connectivity index (χ2v) is 3.46. The molecule has 1 aliphatic heterocycles. The molecule has 1 unspecified atom stereocenters. The third-order valence-electron chi connectivity index (χ3n) is 1.10. The Morgan fingerprint density at radius 1 is 1.67 bits per heavy atom. The topological polar surface area (TPSA) is 49.7 Å². The van der Waals surface area contributed by atoms with Crippen LogP contribution in [0.5, 0.6) is 0 Å². The number of ether oxygens (including phenoxy) is 1. The normalized spacial score (nSPS) is 34.3. The molecule has 1 atom stereocenters. The fourth-order valence-electron chi connectivity index (χ4n) is 0.591. The minimum absolute atomic E-state index is 0.0289. The minimum Gasteiger partial charge on any atom is -0.363 e. The van der Waals surface area contributed by atoms with Crippen LogP contribution in [0, 0.1) is 0 Å². The van der Waals surface area contributed by atoms with Gasteiger partial charge in [-0.2, -0.15) is 0 Å². The highest BCUT2D eigenvalue weighted by Crippen LogP contribution is 2.23. The van der Waals surface area contributed by atoms with Gasteiger partial charge in [0.05, 0.1) is 5.75 Å². The van der Waals surface area contributed by atoms with Gasteiger partial charge in [0, 0.05) is 0 Å². The van der Waals surface area contributed by atoms with Gasteiger partial charge in [0.15, 0.2) is 5.79 Å². The van der Waals surface area contributed by atoms with Gasteiger partial charge in [-0.3, -0.25) is 0 Å². The van der Waals surface area contributed by atoms with Crippen LogP contribution >= 0.6 is 11.8 Å². The first-order valence-corrected chi connectivity index (χ1v) is 3.83. The van der Waals surface area contributed by atoms with Crippen molar-refractivity contribution in [2.45, 2.75) is 18.1 Å². The minimum atomic E-state index is -1.60. The van der Waals surface area contributed by atoms with Gasteiger partial charge < -0.3 is 14.9 Å². The monoisotopic (exact) mass is 150 g/mol. The van der Waals surface area contributed by atoms with Gasteiger partial charge in [0.1, 0.15) is 12.0 Å². The summed E-state index contributed by atoms with van der Waals surface area (Å²) in [4.78, 5) is 0. The van der Waals surface area contributed by atoms with E-state index in [4.69, 9.17) is 14.9 Å². The highest BCUT2D eigenvalue weighted by atomic mass is 32.2. The van der Waals surface area contributed by atoms with E-state index in [9.17, 15) is 0 Å². The highest BCUT2D eigenvalue weighted by Gasteiger charge is 2.29. The SMILES string of the molecule is CC1OCC(O)(O)CS1. The van der Waals surface area contributed by atoms with Crippen LogP contribution in [0.25, 0.3) is 0 Å². The van der Waals surface area contributed by atoms with Crippen molar-refractivity contribution in [3.63, 3.8) is 0 Å². The lowest BCUT2D eigenvalue weighted by Crippen LogP contribution is -2.42. The standard InChI is InChI=1S/C5H10O3S/c1-4-8-2-5(6,7)3-9-4/h4,6-7H,2-3H2,1H3. The van der Waals surface area contributed by atoms with Crippen molar-refractivity contribution in [3.8, 4) is 0 Å². The number of hydrogen-bond donors (Lipinski definition) is 2. The molecule has 1 heterocycles. The first-order valence-electron chi connectivity index (χ1n) is 2.78. The maximum atomic E-state index is 8.90. The molecule has 0 radical (unpaired) electrons. The molecule has 9 heavy (non-hydrogen) atoms. The Bertz CT molecular complexity index is 94.4. The summed E-state index contributed by atoms with van der Waals surface area (Å²) in [5.41, 5.74) is 0.0948. The Hall–Kier alpha value is 0.230. The molecule has 0 aromatic heterocycles. The van der Waals surface area contributed by atoms with Crippen LogP contribution in [-0.4, -0.2) is 33.8 Å². The van der Waals surface area contributed by atoms with E-state index in [2.05, 4.69) is 0 Å². The Morgan fingerprint density at radius 3 is 2.67 bits per heavy atom. The average molecular weight is 150 g/mol. The molecule has 0 saturated carbocycles. The van der Waals surface area contributed by atoms with Crippen molar-refractivity contribution in [1.82, 2.24) is 0 Å². The zero-order chi connectivity index (χ0) is 6.91. The molecular formula is C5H10O3S. The summed E-state index contributed by atoms with van der Waals surface area (Å²) < 4.78 is 4.96. The van der Waals surface area contributed by atoms with Crippen LogP contribution in [0.15, 0.2) is 0 Å². The van der Waals surface area contributed by atoms with E-state index in [1.807, 2.05) is 6.92 Å². The molecule has 4 heteroatoms. The first kappa shape index (κ1) is 7.34. The Labute approximate surface area is 58.0 Å². The number of rotatable bonds is 0. The molecule has 1 fully saturated rings. The largest absolute Gasteiger partial charge is 0.363 e. The molecule has 54 valence electrons. The van der Waals surface area contributed by atoms with Gasteiger partial charge in [-0.05, 0) is 6.92 Å². The quantitative estimate of drug-likeness (QED) is 0.469. The molecule has 1 saturated heterocycles. The van der Waals surface area contributed by atoms with E-state index in [0.29, 0.717) is 5.75 Å². The van der Waals surface area contributed by atoms with Crippen LogP contribution in [0.1, 0.15) is 6.92 Å². The lowest BCUT2D eigenvalue weighted by molar-refractivity contribution is -0.187. The molecule has 1 aliphatic rings. The van der Waals surface area contributed by atoms with Crippen LogP contribution in [-0.2, 0) is 4.74 Å². The summed E-state index contributed by atoms with van der Waals surface area (Å²) in [6, 6.07) is 0. The van der Waals surface area contributed by atoms with Gasteiger partial charge in [-0.1, -0.05) is 0 Å². The van der Waals surface area contributed by atoms with Gasteiger partial charge in [0.25, 0.3) is 0 Å². The van der Waals surface area contributed by atoms with Crippen LogP contribution in [0.3, 0.4) is 0 Å². The fourth-order valence-corrected chi connectivity index (χ4v) is 1.34. The van der Waals surface area contributed by atoms with Crippen molar-refractivity contribution in [1.29, 1.82) is 0 Å². The molecule has 0 aromatic rings. The molecule has 0 spiro atoms. The van der Waals surface area contributed by atoms with Crippen molar-refractivity contribution < 1.29 is 14.9 Å². The Kier molecular flexibility index (Phi) is 2.00. The summed E-state index contributed by atoms with van der Waals surface area (Å²) in [6.45, 7) is 1.92. The van der Waals surface area contributed by atoms with Crippen LogP contribution < -0.4 is 0 Å². The number of hydrogen-bond acceptors (Lipinski definition) is 4. The molecule has 2 N–H and O–H groups in total. The Morgan fingerprint density at radius 2 is 2.33 bits per heavy atom. The first-order chi connectivity index (χ1) is 4.10. The van der Waals surface area contributed by atoms with E-state index >= 15 is 0 Å². The molecule has 0 bridgehead atoms.